The number of rotatable bonds is 1. The molecule has 0 N–H and O–H groups in total. The van der Waals surface area contributed by atoms with Crippen molar-refractivity contribution in [2.24, 2.45) is 0 Å². The summed E-state index contributed by atoms with van der Waals surface area (Å²) in [6.45, 7) is 0. The maximum Gasteiger partial charge on any atom is 0.0817 e. The molecule has 2 unspecified atom stereocenters. The fourth-order valence-electron chi connectivity index (χ4n) is 2.21. The van der Waals surface area contributed by atoms with Crippen molar-refractivity contribution in [3.63, 3.8) is 0 Å². The zero-order valence-corrected chi connectivity index (χ0v) is 8.40. The van der Waals surface area contributed by atoms with E-state index in [9.17, 15) is 0 Å². The number of fused-ring (bicyclic) bond motifs is 2. The molecular formula is C10H16OS. The minimum atomic E-state index is 0.902. The van der Waals surface area contributed by atoms with Gasteiger partial charge in [0.1, 0.15) is 0 Å². The molecule has 1 nitrogen and oxygen atoms in total. The molecule has 2 heterocycles. The maximum atomic E-state index is 5.08. The van der Waals surface area contributed by atoms with E-state index in [-0.39, 0.29) is 0 Å². The largest absolute Gasteiger partial charge is 0.504 e. The molecule has 0 radical (unpaired) electrons. The highest BCUT2D eigenvalue weighted by Gasteiger charge is 2.29. The first-order chi connectivity index (χ1) is 5.88. The lowest BCUT2D eigenvalue weighted by atomic mass is 9.95. The van der Waals surface area contributed by atoms with Gasteiger partial charge in [-0.2, -0.15) is 11.8 Å². The Balaban J connectivity index is 2.00. The van der Waals surface area contributed by atoms with E-state index in [1.54, 1.807) is 7.11 Å². The van der Waals surface area contributed by atoms with Crippen molar-refractivity contribution in [1.29, 1.82) is 0 Å². The zero-order valence-electron chi connectivity index (χ0n) is 7.58. The summed E-state index contributed by atoms with van der Waals surface area (Å²) in [5.41, 5.74) is 1.53. The molecule has 12 heavy (non-hydrogen) atoms. The first kappa shape index (κ1) is 8.49. The van der Waals surface area contributed by atoms with Crippen LogP contribution in [-0.2, 0) is 4.74 Å². The molecule has 2 bridgehead atoms. The molecular weight excluding hydrogens is 168 g/mol. The van der Waals surface area contributed by atoms with E-state index in [0.717, 1.165) is 10.5 Å². The van der Waals surface area contributed by atoms with Crippen LogP contribution in [0.3, 0.4) is 0 Å². The van der Waals surface area contributed by atoms with Crippen LogP contribution in [0.25, 0.3) is 0 Å². The van der Waals surface area contributed by atoms with Crippen LogP contribution in [-0.4, -0.2) is 17.6 Å². The van der Waals surface area contributed by atoms with Crippen LogP contribution in [0.1, 0.15) is 32.1 Å². The Bertz CT molecular complexity index is 174. The molecule has 2 fully saturated rings. The van der Waals surface area contributed by atoms with Gasteiger partial charge < -0.3 is 4.74 Å². The highest BCUT2D eigenvalue weighted by molar-refractivity contribution is 8.00. The molecule has 0 spiro atoms. The monoisotopic (exact) mass is 184 g/mol. The topological polar surface area (TPSA) is 9.23 Å². The van der Waals surface area contributed by atoms with Gasteiger partial charge in [0.05, 0.1) is 13.4 Å². The fraction of sp³-hybridized carbons (Fsp3) is 0.800. The Labute approximate surface area is 78.6 Å². The molecule has 0 aromatic rings. The molecule has 2 saturated heterocycles. The van der Waals surface area contributed by atoms with Crippen molar-refractivity contribution >= 4 is 11.8 Å². The summed E-state index contributed by atoms with van der Waals surface area (Å²) in [5.74, 6) is 0. The summed E-state index contributed by atoms with van der Waals surface area (Å²) in [7, 11) is 1.75. The summed E-state index contributed by atoms with van der Waals surface area (Å²) in [6, 6.07) is 0. The summed E-state index contributed by atoms with van der Waals surface area (Å²) < 4.78 is 5.08. The number of hydrogen-bond acceptors (Lipinski definition) is 2. The molecule has 0 amide bonds. The predicted molar refractivity (Wildman–Crippen MR) is 53.3 cm³/mol. The first-order valence-corrected chi connectivity index (χ1v) is 5.69. The van der Waals surface area contributed by atoms with Gasteiger partial charge in [-0.05, 0) is 31.3 Å². The molecule has 2 aliphatic rings. The molecule has 0 saturated carbocycles. The molecule has 2 aliphatic heterocycles. The lowest BCUT2D eigenvalue weighted by Gasteiger charge is -2.35. The Morgan fingerprint density at radius 1 is 1.33 bits per heavy atom. The molecule has 2 atom stereocenters. The van der Waals surface area contributed by atoms with Gasteiger partial charge in [-0.25, -0.2) is 0 Å². The second-order valence-corrected chi connectivity index (χ2v) is 5.34. The predicted octanol–water partition coefficient (Wildman–Crippen LogP) is 2.96. The van der Waals surface area contributed by atoms with Gasteiger partial charge in [0, 0.05) is 10.5 Å². The average molecular weight is 184 g/mol. The minimum Gasteiger partial charge on any atom is -0.504 e. The minimum absolute atomic E-state index is 0.902. The molecule has 0 aromatic heterocycles. The summed E-state index contributed by atoms with van der Waals surface area (Å²) in [4.78, 5) is 0. The second-order valence-electron chi connectivity index (χ2n) is 3.73. The molecule has 2 heteroatoms. The molecule has 2 rings (SSSR count). The van der Waals surface area contributed by atoms with Gasteiger partial charge in [0.15, 0.2) is 0 Å². The highest BCUT2D eigenvalue weighted by Crippen LogP contribution is 2.43. The van der Waals surface area contributed by atoms with Gasteiger partial charge in [0.25, 0.3) is 0 Å². The lowest BCUT2D eigenvalue weighted by Crippen LogP contribution is -2.24. The van der Waals surface area contributed by atoms with Crippen molar-refractivity contribution in [3.05, 3.63) is 11.8 Å². The normalized spacial score (nSPS) is 34.6. The van der Waals surface area contributed by atoms with Gasteiger partial charge >= 0.3 is 0 Å². The first-order valence-electron chi connectivity index (χ1n) is 4.74. The molecule has 0 aromatic carbocycles. The van der Waals surface area contributed by atoms with Crippen LogP contribution < -0.4 is 0 Å². The van der Waals surface area contributed by atoms with E-state index in [0.29, 0.717) is 0 Å². The van der Waals surface area contributed by atoms with Gasteiger partial charge in [0.2, 0.25) is 0 Å². The van der Waals surface area contributed by atoms with Crippen LogP contribution in [0.5, 0.6) is 0 Å². The third-order valence-electron chi connectivity index (χ3n) is 2.70. The third kappa shape index (κ3) is 1.79. The van der Waals surface area contributed by atoms with Crippen LogP contribution in [0.4, 0.5) is 0 Å². The van der Waals surface area contributed by atoms with Gasteiger partial charge in [-0.3, -0.25) is 0 Å². The smallest absolute Gasteiger partial charge is 0.0817 e. The van der Waals surface area contributed by atoms with Crippen molar-refractivity contribution in [2.75, 3.05) is 7.11 Å². The van der Waals surface area contributed by atoms with Crippen LogP contribution >= 0.6 is 11.8 Å². The average Bonchev–Trinajstić information content (AvgIpc) is 2.04. The van der Waals surface area contributed by atoms with Crippen molar-refractivity contribution in [3.8, 4) is 0 Å². The Morgan fingerprint density at radius 2 is 2.00 bits per heavy atom. The lowest BCUT2D eigenvalue weighted by molar-refractivity contribution is 0.329. The number of ether oxygens (including phenoxy) is 1. The highest BCUT2D eigenvalue weighted by atomic mass is 32.2. The molecule has 68 valence electrons. The summed E-state index contributed by atoms with van der Waals surface area (Å²) in [6.07, 6.45) is 8.79. The van der Waals surface area contributed by atoms with E-state index in [4.69, 9.17) is 4.74 Å². The van der Waals surface area contributed by atoms with Gasteiger partial charge in [-0.15, -0.1) is 0 Å². The Kier molecular flexibility index (Phi) is 2.64. The van der Waals surface area contributed by atoms with Crippen molar-refractivity contribution < 1.29 is 4.74 Å². The van der Waals surface area contributed by atoms with Crippen LogP contribution in [0, 0.1) is 0 Å². The van der Waals surface area contributed by atoms with E-state index in [2.05, 4.69) is 11.8 Å². The van der Waals surface area contributed by atoms with Gasteiger partial charge in [-0.1, -0.05) is 6.42 Å². The number of methoxy groups -OCH3 is 1. The second kappa shape index (κ2) is 3.73. The Hall–Kier alpha value is -0.110. The molecule has 0 aliphatic carbocycles. The summed E-state index contributed by atoms with van der Waals surface area (Å²) in [5, 5.41) is 1.80. The van der Waals surface area contributed by atoms with E-state index in [1.165, 1.54) is 37.7 Å². The standard InChI is InChI=1S/C10H16OS/c1-11-7-8-5-9-3-2-4-10(6-8)12-9/h7,9-10H,2-6H2,1H3. The SMILES string of the molecule is COC=C1CC2CCCC(C1)S2. The summed E-state index contributed by atoms with van der Waals surface area (Å²) >= 11 is 2.21. The zero-order chi connectivity index (χ0) is 8.39. The Morgan fingerprint density at radius 3 is 2.58 bits per heavy atom. The van der Waals surface area contributed by atoms with Crippen molar-refractivity contribution in [2.45, 2.75) is 42.6 Å². The van der Waals surface area contributed by atoms with E-state index in [1.807, 2.05) is 6.26 Å². The number of thioether (sulfide) groups is 1. The van der Waals surface area contributed by atoms with E-state index < -0.39 is 0 Å². The van der Waals surface area contributed by atoms with Crippen molar-refractivity contribution in [1.82, 2.24) is 0 Å². The van der Waals surface area contributed by atoms with Crippen LogP contribution in [0.15, 0.2) is 11.8 Å². The fourth-order valence-corrected chi connectivity index (χ4v) is 3.98. The number of allylic oxidation sites excluding steroid dienone is 1. The quantitative estimate of drug-likeness (QED) is 0.579. The number of hydrogen-bond donors (Lipinski definition) is 0. The van der Waals surface area contributed by atoms with Crippen LogP contribution in [0.2, 0.25) is 0 Å². The maximum absolute atomic E-state index is 5.08. The van der Waals surface area contributed by atoms with E-state index >= 15 is 0 Å². The third-order valence-corrected chi connectivity index (χ3v) is 4.28.